The summed E-state index contributed by atoms with van der Waals surface area (Å²) in [6.45, 7) is 2.92. The monoisotopic (exact) mass is 271 g/mol. The molecule has 100 valence electrons. The second-order valence-corrected chi connectivity index (χ2v) is 5.61. The van der Waals surface area contributed by atoms with Gasteiger partial charge in [-0.3, -0.25) is 0 Å². The van der Waals surface area contributed by atoms with Gasteiger partial charge in [0.05, 0.1) is 0 Å². The highest BCUT2D eigenvalue weighted by Crippen LogP contribution is 2.28. The maximum absolute atomic E-state index is 12.7. The predicted octanol–water partition coefficient (Wildman–Crippen LogP) is 1.35. The van der Waals surface area contributed by atoms with Gasteiger partial charge in [0.2, 0.25) is 0 Å². The van der Waals surface area contributed by atoms with Crippen LogP contribution in [0.15, 0.2) is 5.16 Å². The van der Waals surface area contributed by atoms with Crippen LogP contribution in [0.2, 0.25) is 0 Å². The number of oxime groups is 1. The highest BCUT2D eigenvalue weighted by molar-refractivity contribution is 7.99. The van der Waals surface area contributed by atoms with E-state index in [4.69, 9.17) is 10.9 Å². The molecule has 1 fully saturated rings. The molecule has 0 aromatic carbocycles. The van der Waals surface area contributed by atoms with Crippen LogP contribution in [0.4, 0.5) is 13.2 Å². The number of alkyl halides is 3. The summed E-state index contributed by atoms with van der Waals surface area (Å²) in [6.07, 6.45) is -4.48. The maximum Gasteiger partial charge on any atom is 0.400 e. The lowest BCUT2D eigenvalue weighted by molar-refractivity contribution is -0.160. The Hall–Kier alpha value is -0.630. The van der Waals surface area contributed by atoms with Crippen LogP contribution >= 0.6 is 11.8 Å². The van der Waals surface area contributed by atoms with Crippen molar-refractivity contribution < 1.29 is 18.4 Å². The smallest absolute Gasteiger partial charge is 0.400 e. The average molecular weight is 271 g/mol. The molecule has 1 aliphatic rings. The molecule has 1 saturated heterocycles. The Morgan fingerprint density at radius 3 is 2.76 bits per heavy atom. The minimum atomic E-state index is -4.48. The highest BCUT2D eigenvalue weighted by atomic mass is 32.2. The lowest BCUT2D eigenvalue weighted by atomic mass is 10.1. The molecule has 0 saturated carbocycles. The summed E-state index contributed by atoms with van der Waals surface area (Å²) < 4.78 is 38.1. The van der Waals surface area contributed by atoms with E-state index >= 15 is 0 Å². The van der Waals surface area contributed by atoms with Crippen molar-refractivity contribution in [3.8, 4) is 0 Å². The number of thioether (sulfide) groups is 1. The first-order valence-corrected chi connectivity index (χ1v) is 6.27. The van der Waals surface area contributed by atoms with Gasteiger partial charge < -0.3 is 15.8 Å². The molecule has 1 heterocycles. The van der Waals surface area contributed by atoms with Crippen molar-refractivity contribution in [2.24, 2.45) is 16.8 Å². The van der Waals surface area contributed by atoms with Gasteiger partial charge >= 0.3 is 6.18 Å². The molecule has 2 atom stereocenters. The summed E-state index contributed by atoms with van der Waals surface area (Å²) in [5, 5.41) is 11.2. The first-order chi connectivity index (χ1) is 7.84. The number of hydrogen-bond acceptors (Lipinski definition) is 4. The molecule has 0 aromatic heterocycles. The largest absolute Gasteiger partial charge is 0.409 e. The quantitative estimate of drug-likeness (QED) is 0.352. The van der Waals surface area contributed by atoms with E-state index in [1.54, 1.807) is 16.7 Å². The van der Waals surface area contributed by atoms with Crippen molar-refractivity contribution in [3.05, 3.63) is 0 Å². The second kappa shape index (κ2) is 5.81. The number of hydrogen-bond donors (Lipinski definition) is 2. The van der Waals surface area contributed by atoms with E-state index in [9.17, 15) is 13.2 Å². The minimum Gasteiger partial charge on any atom is -0.409 e. The maximum atomic E-state index is 12.7. The molecule has 0 spiro atoms. The summed E-state index contributed by atoms with van der Waals surface area (Å²) in [4.78, 5) is 1.71. The standard InChI is InChI=1S/C9H16F3N3OS/c1-6-4-15(2-3-17-6)5-7(8(13)14-16)9(10,11)12/h6-7,16H,2-5H2,1H3,(H2,13,14). The van der Waals surface area contributed by atoms with Crippen LogP contribution in [-0.2, 0) is 0 Å². The normalized spacial score (nSPS) is 25.9. The van der Waals surface area contributed by atoms with E-state index in [-0.39, 0.29) is 6.54 Å². The number of amidine groups is 1. The molecule has 0 radical (unpaired) electrons. The van der Waals surface area contributed by atoms with Gasteiger partial charge in [-0.25, -0.2) is 0 Å². The molecule has 3 N–H and O–H groups in total. The SMILES string of the molecule is CC1CN(CC(C(N)=NO)C(F)(F)F)CCS1. The van der Waals surface area contributed by atoms with Crippen LogP contribution in [0, 0.1) is 5.92 Å². The lowest BCUT2D eigenvalue weighted by Gasteiger charge is -2.33. The van der Waals surface area contributed by atoms with Crippen molar-refractivity contribution in [2.45, 2.75) is 18.3 Å². The predicted molar refractivity (Wildman–Crippen MR) is 61.3 cm³/mol. The van der Waals surface area contributed by atoms with Crippen LogP contribution in [0.3, 0.4) is 0 Å². The number of nitrogens with zero attached hydrogens (tertiary/aromatic N) is 2. The summed E-state index contributed by atoms with van der Waals surface area (Å²) in [7, 11) is 0. The summed E-state index contributed by atoms with van der Waals surface area (Å²) in [5.41, 5.74) is 5.10. The third-order valence-electron chi connectivity index (χ3n) is 2.63. The van der Waals surface area contributed by atoms with E-state index < -0.39 is 17.9 Å². The topological polar surface area (TPSA) is 61.8 Å². The molecular formula is C9H16F3N3OS. The van der Waals surface area contributed by atoms with Crippen molar-refractivity contribution in [2.75, 3.05) is 25.4 Å². The molecule has 4 nitrogen and oxygen atoms in total. The molecule has 1 rings (SSSR count). The van der Waals surface area contributed by atoms with Crippen LogP contribution in [0.25, 0.3) is 0 Å². The Morgan fingerprint density at radius 2 is 2.29 bits per heavy atom. The van der Waals surface area contributed by atoms with E-state index in [2.05, 4.69) is 5.16 Å². The molecule has 1 aliphatic heterocycles. The summed E-state index contributed by atoms with van der Waals surface area (Å²) in [5.74, 6) is -1.87. The van der Waals surface area contributed by atoms with Gasteiger partial charge in [0.25, 0.3) is 0 Å². The van der Waals surface area contributed by atoms with Gasteiger partial charge in [-0.05, 0) is 0 Å². The Labute approximate surface area is 102 Å². The van der Waals surface area contributed by atoms with Crippen LogP contribution in [0.1, 0.15) is 6.92 Å². The zero-order valence-corrected chi connectivity index (χ0v) is 10.3. The van der Waals surface area contributed by atoms with Gasteiger partial charge in [-0.1, -0.05) is 12.1 Å². The van der Waals surface area contributed by atoms with E-state index in [1.165, 1.54) is 0 Å². The van der Waals surface area contributed by atoms with E-state index in [1.807, 2.05) is 6.92 Å². The van der Waals surface area contributed by atoms with Crippen molar-refractivity contribution in [1.29, 1.82) is 0 Å². The molecule has 2 unspecified atom stereocenters. The molecule has 0 aliphatic carbocycles. The fraction of sp³-hybridized carbons (Fsp3) is 0.889. The van der Waals surface area contributed by atoms with Gasteiger partial charge in [-0.2, -0.15) is 24.9 Å². The van der Waals surface area contributed by atoms with Gasteiger partial charge in [0, 0.05) is 30.6 Å². The summed E-state index contributed by atoms with van der Waals surface area (Å²) in [6, 6.07) is 0. The first-order valence-electron chi connectivity index (χ1n) is 5.22. The average Bonchev–Trinajstić information content (AvgIpc) is 2.23. The lowest BCUT2D eigenvalue weighted by Crippen LogP contribution is -2.47. The molecule has 8 heteroatoms. The van der Waals surface area contributed by atoms with Crippen molar-refractivity contribution >= 4 is 17.6 Å². The van der Waals surface area contributed by atoms with Crippen LogP contribution < -0.4 is 5.73 Å². The Bertz CT molecular complexity index is 285. The van der Waals surface area contributed by atoms with Crippen molar-refractivity contribution in [3.63, 3.8) is 0 Å². The molecule has 17 heavy (non-hydrogen) atoms. The number of rotatable bonds is 3. The molecule has 0 aromatic rings. The number of nitrogens with two attached hydrogens (primary N) is 1. The number of halogens is 3. The fourth-order valence-corrected chi connectivity index (χ4v) is 2.83. The zero-order valence-electron chi connectivity index (χ0n) is 9.44. The van der Waals surface area contributed by atoms with Crippen LogP contribution in [-0.4, -0.2) is 52.8 Å². The summed E-state index contributed by atoms with van der Waals surface area (Å²) >= 11 is 1.74. The van der Waals surface area contributed by atoms with Crippen LogP contribution in [0.5, 0.6) is 0 Å². The molecule has 0 amide bonds. The highest BCUT2D eigenvalue weighted by Gasteiger charge is 2.44. The Kier molecular flexibility index (Phi) is 4.93. The first kappa shape index (κ1) is 14.4. The zero-order chi connectivity index (χ0) is 13.1. The third-order valence-corrected chi connectivity index (χ3v) is 3.77. The van der Waals surface area contributed by atoms with Crippen molar-refractivity contribution in [1.82, 2.24) is 4.90 Å². The molecular weight excluding hydrogens is 255 g/mol. The van der Waals surface area contributed by atoms with Gasteiger partial charge in [-0.15, -0.1) is 0 Å². The third kappa shape index (κ3) is 4.27. The van der Waals surface area contributed by atoms with E-state index in [0.717, 1.165) is 5.75 Å². The van der Waals surface area contributed by atoms with Gasteiger partial charge in [0.1, 0.15) is 5.92 Å². The fourth-order valence-electron chi connectivity index (χ4n) is 1.75. The minimum absolute atomic E-state index is 0.246. The Balaban J connectivity index is 2.66. The molecule has 0 bridgehead atoms. The van der Waals surface area contributed by atoms with E-state index in [0.29, 0.717) is 18.3 Å². The Morgan fingerprint density at radius 1 is 1.65 bits per heavy atom. The van der Waals surface area contributed by atoms with Gasteiger partial charge in [0.15, 0.2) is 5.84 Å². The second-order valence-electron chi connectivity index (χ2n) is 4.06.